The molecule has 2 aromatic heterocycles. The maximum Gasteiger partial charge on any atom is 0.277 e. The van der Waals surface area contributed by atoms with E-state index in [4.69, 9.17) is 22.3 Å². The average molecular weight is 483 g/mol. The van der Waals surface area contributed by atoms with E-state index in [1.807, 2.05) is 34.9 Å². The van der Waals surface area contributed by atoms with Gasteiger partial charge in [0, 0.05) is 36.6 Å². The predicted octanol–water partition coefficient (Wildman–Crippen LogP) is 3.81. The Balaban J connectivity index is 0.00000259. The van der Waals surface area contributed by atoms with Crippen molar-refractivity contribution in [3.63, 3.8) is 0 Å². The lowest BCUT2D eigenvalue weighted by Crippen LogP contribution is -2.44. The molecule has 1 aliphatic heterocycles. The van der Waals surface area contributed by atoms with Crippen molar-refractivity contribution in [1.82, 2.24) is 14.1 Å². The zero-order valence-corrected chi connectivity index (χ0v) is 19.7. The number of anilines is 1. The highest BCUT2D eigenvalue weighted by Gasteiger charge is 2.26. The molecule has 4 aromatic rings. The quantitative estimate of drug-likeness (QED) is 0.479. The van der Waals surface area contributed by atoms with Crippen LogP contribution in [0.15, 0.2) is 47.3 Å². The van der Waals surface area contributed by atoms with E-state index in [-0.39, 0.29) is 24.0 Å². The van der Waals surface area contributed by atoms with Gasteiger partial charge in [0.2, 0.25) is 5.95 Å². The molecule has 0 amide bonds. The van der Waals surface area contributed by atoms with Crippen LogP contribution in [0.5, 0.6) is 0 Å². The third-order valence-corrected chi connectivity index (χ3v) is 6.59. The number of nitrogens with zero attached hydrogens (tertiary/aromatic N) is 5. The minimum Gasteiger partial charge on any atom is -0.341 e. The Kier molecular flexibility index (Phi) is 6.35. The molecule has 0 spiro atoms. The van der Waals surface area contributed by atoms with Gasteiger partial charge in [0.25, 0.3) is 5.56 Å². The van der Waals surface area contributed by atoms with Crippen molar-refractivity contribution in [1.29, 1.82) is 5.26 Å². The normalized spacial score (nSPS) is 16.1. The summed E-state index contributed by atoms with van der Waals surface area (Å²) in [7, 11) is 1.73. The van der Waals surface area contributed by atoms with Gasteiger partial charge in [-0.3, -0.25) is 4.79 Å². The van der Waals surface area contributed by atoms with Gasteiger partial charge >= 0.3 is 0 Å². The zero-order chi connectivity index (χ0) is 22.4. The summed E-state index contributed by atoms with van der Waals surface area (Å²) in [5, 5.41) is 10.8. The van der Waals surface area contributed by atoms with Crippen LogP contribution in [0.4, 0.5) is 5.95 Å². The zero-order valence-electron chi connectivity index (χ0n) is 18.2. The van der Waals surface area contributed by atoms with Crippen LogP contribution in [-0.2, 0) is 13.6 Å². The van der Waals surface area contributed by atoms with Crippen molar-refractivity contribution < 1.29 is 0 Å². The summed E-state index contributed by atoms with van der Waals surface area (Å²) in [6, 6.07) is 15.2. The summed E-state index contributed by atoms with van der Waals surface area (Å²) in [5.74, 6) is 0.726. The van der Waals surface area contributed by atoms with Crippen LogP contribution in [-0.4, -0.2) is 33.2 Å². The largest absolute Gasteiger partial charge is 0.341 e. The highest BCUT2D eigenvalue weighted by atomic mass is 35.5. The summed E-state index contributed by atoms with van der Waals surface area (Å²) in [4.78, 5) is 20.7. The fourth-order valence-electron chi connectivity index (χ4n) is 4.57. The standard InChI is InChI=1S/C24H23ClN6O.ClH/c1-29-20-11-15(12-26)8-9-18(20)21-22(23(29)32)31(13-16-5-2-3-7-19(16)25)24(28-21)30-10-4-6-17(27)14-30;/h2-3,5,7-9,11,17H,4,6,10,13-14,27H2,1H3;1H/t17-;/m1./s1. The summed E-state index contributed by atoms with van der Waals surface area (Å²) in [6.45, 7) is 1.94. The molecule has 2 aromatic carbocycles. The molecule has 7 nitrogen and oxygen atoms in total. The van der Waals surface area contributed by atoms with Gasteiger partial charge in [-0.05, 0) is 42.7 Å². The molecule has 1 aliphatic rings. The minimum absolute atomic E-state index is 0. The first kappa shape index (κ1) is 23.1. The first-order chi connectivity index (χ1) is 15.5. The third-order valence-electron chi connectivity index (χ3n) is 6.22. The van der Waals surface area contributed by atoms with E-state index in [1.54, 1.807) is 23.7 Å². The molecular weight excluding hydrogens is 459 g/mol. The molecule has 9 heteroatoms. The first-order valence-corrected chi connectivity index (χ1v) is 11.0. The second kappa shape index (κ2) is 9.06. The monoisotopic (exact) mass is 482 g/mol. The minimum atomic E-state index is -0.158. The molecular formula is C24H24Cl2N6O. The number of imidazole rings is 1. The van der Waals surface area contributed by atoms with E-state index < -0.39 is 0 Å². The molecule has 33 heavy (non-hydrogen) atoms. The molecule has 3 heterocycles. The van der Waals surface area contributed by atoms with Gasteiger partial charge in [0.05, 0.1) is 23.7 Å². The Morgan fingerprint density at radius 2 is 2.06 bits per heavy atom. The SMILES string of the molecule is Cl.Cn1c(=O)c2c(nc(N3CCC[C@@H](N)C3)n2Cc2ccccc2Cl)c2ccc(C#N)cc21. The van der Waals surface area contributed by atoms with E-state index in [2.05, 4.69) is 11.0 Å². The lowest BCUT2D eigenvalue weighted by Gasteiger charge is -2.32. The van der Waals surface area contributed by atoms with Crippen molar-refractivity contribution in [2.24, 2.45) is 12.8 Å². The maximum absolute atomic E-state index is 13.5. The van der Waals surface area contributed by atoms with E-state index in [9.17, 15) is 10.1 Å². The van der Waals surface area contributed by atoms with Gasteiger partial charge < -0.3 is 19.8 Å². The van der Waals surface area contributed by atoms with Crippen molar-refractivity contribution in [3.05, 3.63) is 69.0 Å². The maximum atomic E-state index is 13.5. The van der Waals surface area contributed by atoms with Crippen molar-refractivity contribution in [3.8, 4) is 6.07 Å². The fourth-order valence-corrected chi connectivity index (χ4v) is 4.77. The second-order valence-electron chi connectivity index (χ2n) is 8.34. The topological polar surface area (TPSA) is 92.9 Å². The molecule has 0 saturated carbocycles. The van der Waals surface area contributed by atoms with Gasteiger partial charge in [-0.2, -0.15) is 5.26 Å². The number of aromatic nitrogens is 3. The molecule has 1 atom stereocenters. The fraction of sp³-hybridized carbons (Fsp3) is 0.292. The highest BCUT2D eigenvalue weighted by Crippen LogP contribution is 2.30. The summed E-state index contributed by atoms with van der Waals surface area (Å²) < 4.78 is 3.56. The number of pyridine rings is 1. The first-order valence-electron chi connectivity index (χ1n) is 10.6. The number of rotatable bonds is 3. The summed E-state index contributed by atoms with van der Waals surface area (Å²) in [6.07, 6.45) is 1.95. The van der Waals surface area contributed by atoms with Gasteiger partial charge in [0.1, 0.15) is 11.0 Å². The Morgan fingerprint density at radius 3 is 2.79 bits per heavy atom. The second-order valence-corrected chi connectivity index (χ2v) is 8.75. The third kappa shape index (κ3) is 3.95. The molecule has 0 unspecified atom stereocenters. The number of halogens is 2. The van der Waals surface area contributed by atoms with E-state index in [0.29, 0.717) is 40.2 Å². The van der Waals surface area contributed by atoms with Gasteiger partial charge in [-0.15, -0.1) is 12.4 Å². The highest BCUT2D eigenvalue weighted by molar-refractivity contribution is 6.31. The smallest absolute Gasteiger partial charge is 0.277 e. The van der Waals surface area contributed by atoms with Crippen molar-refractivity contribution in [2.75, 3.05) is 18.0 Å². The molecule has 0 aliphatic carbocycles. The van der Waals surface area contributed by atoms with Crippen LogP contribution in [0, 0.1) is 11.3 Å². The van der Waals surface area contributed by atoms with Crippen LogP contribution >= 0.6 is 24.0 Å². The average Bonchev–Trinajstić information content (AvgIpc) is 3.18. The van der Waals surface area contributed by atoms with Crippen LogP contribution in [0.2, 0.25) is 5.02 Å². The molecule has 0 radical (unpaired) electrons. The number of aryl methyl sites for hydroxylation is 1. The van der Waals surface area contributed by atoms with E-state index >= 15 is 0 Å². The number of benzene rings is 2. The summed E-state index contributed by atoms with van der Waals surface area (Å²) in [5.41, 5.74) is 9.37. The van der Waals surface area contributed by atoms with Crippen LogP contribution < -0.4 is 16.2 Å². The number of nitriles is 1. The molecule has 2 N–H and O–H groups in total. The lowest BCUT2D eigenvalue weighted by atomic mass is 10.1. The molecule has 1 fully saturated rings. The van der Waals surface area contributed by atoms with Crippen LogP contribution in [0.3, 0.4) is 0 Å². The number of hydrogen-bond donors (Lipinski definition) is 1. The van der Waals surface area contributed by atoms with E-state index in [0.717, 1.165) is 36.3 Å². The number of hydrogen-bond acceptors (Lipinski definition) is 5. The van der Waals surface area contributed by atoms with E-state index in [1.165, 1.54) is 0 Å². The molecule has 0 bridgehead atoms. The summed E-state index contributed by atoms with van der Waals surface area (Å²) >= 11 is 6.47. The number of nitrogens with two attached hydrogens (primary N) is 1. The molecule has 5 rings (SSSR count). The van der Waals surface area contributed by atoms with Crippen molar-refractivity contribution >= 4 is 51.9 Å². The Labute approximate surface area is 202 Å². The van der Waals surface area contributed by atoms with Crippen LogP contribution in [0.25, 0.3) is 21.9 Å². The number of piperidine rings is 1. The van der Waals surface area contributed by atoms with Gasteiger partial charge in [0.15, 0.2) is 0 Å². The molecule has 170 valence electrons. The Morgan fingerprint density at radius 1 is 1.27 bits per heavy atom. The van der Waals surface area contributed by atoms with Crippen LogP contribution in [0.1, 0.15) is 24.0 Å². The number of fused-ring (bicyclic) bond motifs is 3. The van der Waals surface area contributed by atoms with Gasteiger partial charge in [-0.25, -0.2) is 4.98 Å². The molecule has 1 saturated heterocycles. The Hall–Kier alpha value is -3.05. The van der Waals surface area contributed by atoms with Gasteiger partial charge in [-0.1, -0.05) is 29.8 Å². The Bertz CT molecular complexity index is 1450. The lowest BCUT2D eigenvalue weighted by molar-refractivity contribution is 0.495. The van der Waals surface area contributed by atoms with Crippen molar-refractivity contribution in [2.45, 2.75) is 25.4 Å². The predicted molar refractivity (Wildman–Crippen MR) is 134 cm³/mol.